The van der Waals surface area contributed by atoms with Gasteiger partial charge in [0.15, 0.2) is 0 Å². The van der Waals surface area contributed by atoms with Gasteiger partial charge in [0, 0.05) is 16.5 Å². The summed E-state index contributed by atoms with van der Waals surface area (Å²) in [5, 5.41) is 1.28. The molecule has 0 radical (unpaired) electrons. The molecule has 0 spiro atoms. The predicted octanol–water partition coefficient (Wildman–Crippen LogP) is 4.84. The highest BCUT2D eigenvalue weighted by molar-refractivity contribution is 8.00. The average Bonchev–Trinajstić information content (AvgIpc) is 2.45. The third kappa shape index (κ3) is 4.25. The Balaban J connectivity index is 2.11. The van der Waals surface area contributed by atoms with E-state index in [4.69, 9.17) is 5.73 Å². The summed E-state index contributed by atoms with van der Waals surface area (Å²) in [5.41, 5.74) is 9.16. The Kier molecular flexibility index (Phi) is 5.77. The molecule has 1 aliphatic carbocycles. The van der Waals surface area contributed by atoms with Gasteiger partial charge in [-0.15, -0.1) is 11.8 Å². The monoisotopic (exact) mass is 277 g/mol. The predicted molar refractivity (Wildman–Crippen MR) is 86.7 cm³/mol. The lowest BCUT2D eigenvalue weighted by molar-refractivity contribution is 0.512. The van der Waals surface area contributed by atoms with Gasteiger partial charge in [0.05, 0.1) is 0 Å². The normalized spacial score (nSPS) is 20.2. The summed E-state index contributed by atoms with van der Waals surface area (Å²) >= 11 is 2.14. The van der Waals surface area contributed by atoms with Crippen LogP contribution in [0.5, 0.6) is 0 Å². The molecule has 2 unspecified atom stereocenters. The van der Waals surface area contributed by atoms with Gasteiger partial charge in [0.25, 0.3) is 0 Å². The SMILES string of the molecule is CCC(N)C(SC1CCCCC1)c1cccc(C)c1. The Labute approximate surface area is 122 Å². The van der Waals surface area contributed by atoms with E-state index in [9.17, 15) is 0 Å². The third-order valence-corrected chi connectivity index (χ3v) is 5.89. The van der Waals surface area contributed by atoms with Crippen molar-refractivity contribution in [3.63, 3.8) is 0 Å². The lowest BCUT2D eigenvalue weighted by Crippen LogP contribution is -2.27. The molecule has 0 aliphatic heterocycles. The largest absolute Gasteiger partial charge is 0.326 e. The molecular formula is C17H27NS. The van der Waals surface area contributed by atoms with Gasteiger partial charge >= 0.3 is 0 Å². The minimum Gasteiger partial charge on any atom is -0.326 e. The van der Waals surface area contributed by atoms with Crippen molar-refractivity contribution >= 4 is 11.8 Å². The number of nitrogens with two attached hydrogens (primary N) is 1. The molecule has 0 aromatic heterocycles. The number of benzene rings is 1. The van der Waals surface area contributed by atoms with Crippen LogP contribution >= 0.6 is 11.8 Å². The zero-order chi connectivity index (χ0) is 13.7. The zero-order valence-corrected chi connectivity index (χ0v) is 13.1. The number of rotatable bonds is 5. The summed E-state index contributed by atoms with van der Waals surface area (Å²) in [6, 6.07) is 9.18. The first-order chi connectivity index (χ1) is 9.20. The Morgan fingerprint density at radius 1 is 1.26 bits per heavy atom. The van der Waals surface area contributed by atoms with E-state index in [0.29, 0.717) is 5.25 Å². The molecule has 1 aromatic carbocycles. The lowest BCUT2D eigenvalue weighted by Gasteiger charge is -2.30. The summed E-state index contributed by atoms with van der Waals surface area (Å²) in [6.45, 7) is 4.37. The van der Waals surface area contributed by atoms with E-state index >= 15 is 0 Å². The molecule has 1 saturated carbocycles. The van der Waals surface area contributed by atoms with E-state index in [1.54, 1.807) is 0 Å². The fraction of sp³-hybridized carbons (Fsp3) is 0.647. The molecule has 0 saturated heterocycles. The first kappa shape index (κ1) is 14.9. The van der Waals surface area contributed by atoms with Crippen molar-refractivity contribution in [1.82, 2.24) is 0 Å². The van der Waals surface area contributed by atoms with E-state index < -0.39 is 0 Å². The molecule has 2 N–H and O–H groups in total. The Morgan fingerprint density at radius 2 is 2.00 bits per heavy atom. The second kappa shape index (κ2) is 7.35. The maximum atomic E-state index is 6.40. The third-order valence-electron chi connectivity index (χ3n) is 4.12. The fourth-order valence-corrected chi connectivity index (χ4v) is 4.61. The highest BCUT2D eigenvalue weighted by atomic mass is 32.2. The quantitative estimate of drug-likeness (QED) is 0.833. The highest BCUT2D eigenvalue weighted by Gasteiger charge is 2.24. The summed E-state index contributed by atoms with van der Waals surface area (Å²) in [4.78, 5) is 0. The zero-order valence-electron chi connectivity index (χ0n) is 12.3. The summed E-state index contributed by atoms with van der Waals surface area (Å²) in [6.07, 6.45) is 8.04. The number of aryl methyl sites for hydroxylation is 1. The highest BCUT2D eigenvalue weighted by Crippen LogP contribution is 2.40. The maximum Gasteiger partial charge on any atom is 0.0451 e. The number of thioether (sulfide) groups is 1. The molecule has 2 rings (SSSR count). The average molecular weight is 277 g/mol. The van der Waals surface area contributed by atoms with Gasteiger partial charge in [-0.2, -0.15) is 0 Å². The van der Waals surface area contributed by atoms with Crippen LogP contribution in [0.3, 0.4) is 0 Å². The molecule has 1 fully saturated rings. The maximum absolute atomic E-state index is 6.40. The molecule has 106 valence electrons. The minimum atomic E-state index is 0.272. The first-order valence-electron chi connectivity index (χ1n) is 7.68. The van der Waals surface area contributed by atoms with Gasteiger partial charge in [-0.1, -0.05) is 56.0 Å². The molecule has 2 heteroatoms. The molecule has 0 amide bonds. The molecule has 2 atom stereocenters. The van der Waals surface area contributed by atoms with Crippen molar-refractivity contribution in [3.8, 4) is 0 Å². The Hall–Kier alpha value is -0.470. The van der Waals surface area contributed by atoms with Gasteiger partial charge in [-0.05, 0) is 31.7 Å². The summed E-state index contributed by atoms with van der Waals surface area (Å²) < 4.78 is 0. The van der Waals surface area contributed by atoms with E-state index in [1.807, 2.05) is 0 Å². The smallest absolute Gasteiger partial charge is 0.0451 e. The molecule has 1 nitrogen and oxygen atoms in total. The first-order valence-corrected chi connectivity index (χ1v) is 8.62. The van der Waals surface area contributed by atoms with Gasteiger partial charge in [0.1, 0.15) is 0 Å². The second-order valence-electron chi connectivity index (χ2n) is 5.80. The standard InChI is InChI=1S/C17H27NS/c1-3-16(18)17(14-9-7-8-13(2)12-14)19-15-10-5-4-6-11-15/h7-9,12,15-17H,3-6,10-11,18H2,1-2H3. The van der Waals surface area contributed by atoms with Crippen LogP contribution in [-0.2, 0) is 0 Å². The van der Waals surface area contributed by atoms with E-state index in [1.165, 1.54) is 43.2 Å². The van der Waals surface area contributed by atoms with Gasteiger partial charge in [-0.25, -0.2) is 0 Å². The van der Waals surface area contributed by atoms with Crippen LogP contribution in [0.15, 0.2) is 24.3 Å². The lowest BCUT2D eigenvalue weighted by atomic mass is 10.0. The summed E-state index contributed by atoms with van der Waals surface area (Å²) in [7, 11) is 0. The van der Waals surface area contributed by atoms with Crippen molar-refractivity contribution in [2.24, 2.45) is 5.73 Å². The topological polar surface area (TPSA) is 26.0 Å². The van der Waals surface area contributed by atoms with Crippen LogP contribution in [0.4, 0.5) is 0 Å². The molecule has 19 heavy (non-hydrogen) atoms. The van der Waals surface area contributed by atoms with E-state index in [2.05, 4.69) is 49.9 Å². The molecule has 0 bridgehead atoms. The van der Waals surface area contributed by atoms with Crippen molar-refractivity contribution in [1.29, 1.82) is 0 Å². The van der Waals surface area contributed by atoms with E-state index in [-0.39, 0.29) is 6.04 Å². The van der Waals surface area contributed by atoms with Crippen LogP contribution in [0.25, 0.3) is 0 Å². The van der Waals surface area contributed by atoms with Crippen LogP contribution in [-0.4, -0.2) is 11.3 Å². The van der Waals surface area contributed by atoms with E-state index in [0.717, 1.165) is 11.7 Å². The Bertz CT molecular complexity index is 385. The van der Waals surface area contributed by atoms with Crippen LogP contribution in [0, 0.1) is 6.92 Å². The Morgan fingerprint density at radius 3 is 2.63 bits per heavy atom. The number of hydrogen-bond acceptors (Lipinski definition) is 2. The van der Waals surface area contributed by atoms with Gasteiger partial charge in [0.2, 0.25) is 0 Å². The molecule has 1 aromatic rings. The van der Waals surface area contributed by atoms with Crippen molar-refractivity contribution in [2.75, 3.05) is 0 Å². The van der Waals surface area contributed by atoms with Crippen LogP contribution < -0.4 is 5.73 Å². The number of hydrogen-bond donors (Lipinski definition) is 1. The summed E-state index contributed by atoms with van der Waals surface area (Å²) in [5.74, 6) is 0. The molecule has 0 heterocycles. The second-order valence-corrected chi connectivity index (χ2v) is 7.25. The van der Waals surface area contributed by atoms with Crippen LogP contribution in [0.1, 0.15) is 61.8 Å². The fourth-order valence-electron chi connectivity index (χ4n) is 2.90. The van der Waals surface area contributed by atoms with Gasteiger partial charge in [-0.3, -0.25) is 0 Å². The van der Waals surface area contributed by atoms with Gasteiger partial charge < -0.3 is 5.73 Å². The van der Waals surface area contributed by atoms with Crippen LogP contribution in [0.2, 0.25) is 0 Å². The van der Waals surface area contributed by atoms with Crippen molar-refractivity contribution in [2.45, 2.75) is 68.9 Å². The molecular weight excluding hydrogens is 250 g/mol. The minimum absolute atomic E-state index is 0.272. The van der Waals surface area contributed by atoms with Crippen molar-refractivity contribution in [3.05, 3.63) is 35.4 Å². The molecule has 1 aliphatic rings. The van der Waals surface area contributed by atoms with Crippen molar-refractivity contribution < 1.29 is 0 Å².